The summed E-state index contributed by atoms with van der Waals surface area (Å²) in [5.41, 5.74) is -1.56. The molecule has 12 heteroatoms. The van der Waals surface area contributed by atoms with Gasteiger partial charge in [0.1, 0.15) is 29.5 Å². The molecule has 3 unspecified atom stereocenters. The number of furan rings is 1. The van der Waals surface area contributed by atoms with Gasteiger partial charge in [-0.2, -0.15) is 0 Å². The lowest BCUT2D eigenvalue weighted by molar-refractivity contribution is -0.135. The number of halogens is 1. The largest absolute Gasteiger partial charge is 0.466 e. The molecule has 2 bridgehead atoms. The topological polar surface area (TPSA) is 149 Å². The van der Waals surface area contributed by atoms with Crippen molar-refractivity contribution in [3.8, 4) is 0 Å². The Labute approximate surface area is 271 Å². The number of rotatable bonds is 11. The minimum atomic E-state index is -1.36. The Morgan fingerprint density at radius 1 is 1.17 bits per heavy atom. The van der Waals surface area contributed by atoms with Crippen LogP contribution in [0.5, 0.6) is 0 Å². The van der Waals surface area contributed by atoms with Crippen molar-refractivity contribution in [1.82, 2.24) is 15.2 Å². The second-order valence-corrected chi connectivity index (χ2v) is 13.0. The molecule has 5 rings (SSSR count). The molecule has 47 heavy (non-hydrogen) atoms. The first-order chi connectivity index (χ1) is 22.4. The average Bonchev–Trinajstić information content (AvgIpc) is 3.35. The molecule has 2 aliphatic rings. The third-order valence-electron chi connectivity index (χ3n) is 9.11. The zero-order valence-corrected chi connectivity index (χ0v) is 26.9. The van der Waals surface area contributed by atoms with Gasteiger partial charge in [0.25, 0.3) is 11.5 Å². The summed E-state index contributed by atoms with van der Waals surface area (Å²) >= 11 is 0. The van der Waals surface area contributed by atoms with E-state index in [0.29, 0.717) is 24.0 Å². The first-order valence-electron chi connectivity index (χ1n) is 15.9. The highest BCUT2D eigenvalue weighted by Crippen LogP contribution is 2.48. The van der Waals surface area contributed by atoms with Crippen molar-refractivity contribution in [3.05, 3.63) is 76.4 Å². The molecule has 3 N–H and O–H groups in total. The molecule has 0 spiro atoms. The SMILES string of the molecule is COC(=O)/C=C/CC[C@H](NC(=O)c1oc2ccccc2c1C)C(=O)Nc1cccn(CC(=O)NC23CCCC(CC(C)(F)C2)C3)c1=O. The van der Waals surface area contributed by atoms with E-state index in [1.54, 1.807) is 26.0 Å². The highest BCUT2D eigenvalue weighted by molar-refractivity contribution is 6.03. The predicted molar refractivity (Wildman–Crippen MR) is 174 cm³/mol. The third-order valence-corrected chi connectivity index (χ3v) is 9.11. The smallest absolute Gasteiger partial charge is 0.330 e. The van der Waals surface area contributed by atoms with Crippen molar-refractivity contribution in [1.29, 1.82) is 0 Å². The number of ether oxygens (including phenoxy) is 1. The fourth-order valence-corrected chi connectivity index (χ4v) is 7.22. The van der Waals surface area contributed by atoms with Crippen LogP contribution in [0.4, 0.5) is 10.1 Å². The minimum absolute atomic E-state index is 0.0528. The number of methoxy groups -OCH3 is 1. The van der Waals surface area contributed by atoms with Crippen LogP contribution in [-0.2, 0) is 25.7 Å². The summed E-state index contributed by atoms with van der Waals surface area (Å²) in [7, 11) is 1.25. The fraction of sp³-hybridized carbons (Fsp3) is 0.457. The van der Waals surface area contributed by atoms with Crippen LogP contribution in [0.15, 0.2) is 64.0 Å². The van der Waals surface area contributed by atoms with E-state index < -0.39 is 46.5 Å². The number of hydrogen-bond donors (Lipinski definition) is 3. The molecule has 0 saturated heterocycles. The van der Waals surface area contributed by atoms with E-state index in [1.165, 1.54) is 42.2 Å². The van der Waals surface area contributed by atoms with Crippen LogP contribution < -0.4 is 21.5 Å². The zero-order chi connectivity index (χ0) is 33.8. The van der Waals surface area contributed by atoms with Gasteiger partial charge >= 0.3 is 5.97 Å². The Hall–Kier alpha value is -4.74. The van der Waals surface area contributed by atoms with Gasteiger partial charge < -0.3 is 29.7 Å². The number of para-hydroxylation sites is 1. The van der Waals surface area contributed by atoms with E-state index in [-0.39, 0.29) is 43.2 Å². The molecular weight excluding hydrogens is 607 g/mol. The average molecular weight is 649 g/mol. The lowest BCUT2D eigenvalue weighted by Crippen LogP contribution is -2.58. The van der Waals surface area contributed by atoms with E-state index in [0.717, 1.165) is 24.6 Å². The molecule has 3 aromatic rings. The molecule has 2 fully saturated rings. The van der Waals surface area contributed by atoms with Crippen molar-refractivity contribution in [2.45, 2.75) is 89.0 Å². The number of carbonyl (C=O) groups excluding carboxylic acids is 4. The molecule has 250 valence electrons. The summed E-state index contributed by atoms with van der Waals surface area (Å²) in [4.78, 5) is 64.9. The first-order valence-corrected chi connectivity index (χ1v) is 15.9. The van der Waals surface area contributed by atoms with Crippen LogP contribution in [0.25, 0.3) is 11.0 Å². The van der Waals surface area contributed by atoms with Crippen molar-refractivity contribution < 1.29 is 32.7 Å². The number of fused-ring (bicyclic) bond motifs is 3. The van der Waals surface area contributed by atoms with Crippen molar-refractivity contribution >= 4 is 40.3 Å². The number of aromatic nitrogens is 1. The molecule has 2 aromatic heterocycles. The Bertz CT molecular complexity index is 1760. The third kappa shape index (κ3) is 7.98. The summed E-state index contributed by atoms with van der Waals surface area (Å²) < 4.78 is 26.7. The van der Waals surface area contributed by atoms with Gasteiger partial charge in [-0.3, -0.25) is 19.2 Å². The fourth-order valence-electron chi connectivity index (χ4n) is 7.22. The van der Waals surface area contributed by atoms with Crippen LogP contribution in [0.3, 0.4) is 0 Å². The summed E-state index contributed by atoms with van der Waals surface area (Å²) in [6.07, 6.45) is 8.49. The Morgan fingerprint density at radius 2 is 1.96 bits per heavy atom. The molecule has 4 atom stereocenters. The molecule has 2 saturated carbocycles. The van der Waals surface area contributed by atoms with Gasteiger partial charge in [0.05, 0.1) is 7.11 Å². The maximum absolute atomic E-state index is 15.1. The number of alkyl halides is 1. The summed E-state index contributed by atoms with van der Waals surface area (Å²) in [6.45, 7) is 3.03. The highest BCUT2D eigenvalue weighted by Gasteiger charge is 2.49. The van der Waals surface area contributed by atoms with Crippen LogP contribution in [-0.4, -0.2) is 52.6 Å². The summed E-state index contributed by atoms with van der Waals surface area (Å²) in [5, 5.41) is 9.10. The highest BCUT2D eigenvalue weighted by atomic mass is 19.1. The molecule has 0 aliphatic heterocycles. The van der Waals surface area contributed by atoms with E-state index in [4.69, 9.17) is 4.42 Å². The van der Waals surface area contributed by atoms with Crippen LogP contribution in [0.2, 0.25) is 0 Å². The molecule has 1 aromatic carbocycles. The number of anilines is 1. The number of amides is 3. The Morgan fingerprint density at radius 3 is 2.72 bits per heavy atom. The maximum Gasteiger partial charge on any atom is 0.330 e. The lowest BCUT2D eigenvalue weighted by atomic mass is 9.63. The minimum Gasteiger partial charge on any atom is -0.466 e. The standard InChI is InChI=1S/C35H41FN4O7/c1-22-24-11-4-6-14-27(24)47-30(22)32(44)37-25(12-5-7-15-29(42)46-3)31(43)38-26-13-9-17-40(33(26)45)20-28(41)39-35-16-8-10-23(19-35)18-34(2,36)21-35/h4,6-7,9,11,13-15,17,23,25H,5,8,10,12,16,18-21H2,1-3H3,(H,37,44)(H,38,43)(H,39,41)/b15-7+/t23?,25-,34?,35?/m0/s1. The van der Waals surface area contributed by atoms with Gasteiger partial charge in [0.15, 0.2) is 5.76 Å². The maximum atomic E-state index is 15.1. The second-order valence-electron chi connectivity index (χ2n) is 13.0. The lowest BCUT2D eigenvalue weighted by Gasteiger charge is -2.50. The second kappa shape index (κ2) is 13.9. The quantitative estimate of drug-likeness (QED) is 0.201. The number of benzene rings is 1. The molecular formula is C35H41FN4O7. The van der Waals surface area contributed by atoms with Gasteiger partial charge in [-0.05, 0) is 70.1 Å². The van der Waals surface area contributed by atoms with Crippen molar-refractivity contribution in [3.63, 3.8) is 0 Å². The van der Waals surface area contributed by atoms with Gasteiger partial charge in [0.2, 0.25) is 11.8 Å². The number of nitrogens with zero attached hydrogens (tertiary/aromatic N) is 1. The van der Waals surface area contributed by atoms with Crippen LogP contribution in [0, 0.1) is 12.8 Å². The number of nitrogens with one attached hydrogen (secondary N) is 3. The summed E-state index contributed by atoms with van der Waals surface area (Å²) in [5.74, 6) is -1.99. The van der Waals surface area contributed by atoms with Crippen LogP contribution >= 0.6 is 0 Å². The molecule has 2 aliphatic carbocycles. The molecule has 3 amide bonds. The molecule has 2 heterocycles. The molecule has 11 nitrogen and oxygen atoms in total. The first kappa shape index (κ1) is 33.6. The van der Waals surface area contributed by atoms with E-state index >= 15 is 4.39 Å². The van der Waals surface area contributed by atoms with Crippen LogP contribution in [0.1, 0.15) is 74.4 Å². The van der Waals surface area contributed by atoms with E-state index in [1.807, 2.05) is 12.1 Å². The van der Waals surface area contributed by atoms with E-state index in [9.17, 15) is 24.0 Å². The van der Waals surface area contributed by atoms with Gasteiger partial charge in [0, 0.05) is 35.2 Å². The number of allylic oxidation sites excluding steroid dienone is 1. The van der Waals surface area contributed by atoms with E-state index in [2.05, 4.69) is 20.7 Å². The van der Waals surface area contributed by atoms with Crippen molar-refractivity contribution in [2.75, 3.05) is 12.4 Å². The normalized spacial score (nSPS) is 22.9. The van der Waals surface area contributed by atoms with Crippen molar-refractivity contribution in [2.24, 2.45) is 5.92 Å². The number of pyridine rings is 1. The Balaban J connectivity index is 1.29. The Kier molecular flexibility index (Phi) is 9.97. The number of esters is 1. The monoisotopic (exact) mass is 648 g/mol. The van der Waals surface area contributed by atoms with Gasteiger partial charge in [-0.1, -0.05) is 37.1 Å². The molecule has 0 radical (unpaired) electrons. The summed E-state index contributed by atoms with van der Waals surface area (Å²) in [6, 6.07) is 9.00. The number of hydrogen-bond acceptors (Lipinski definition) is 7. The van der Waals surface area contributed by atoms with Gasteiger partial charge in [-0.25, -0.2) is 9.18 Å². The zero-order valence-electron chi connectivity index (χ0n) is 26.9. The number of aryl methyl sites for hydroxylation is 1. The predicted octanol–water partition coefficient (Wildman–Crippen LogP) is 4.72. The number of carbonyl (C=O) groups is 4. The van der Waals surface area contributed by atoms with Gasteiger partial charge in [-0.15, -0.1) is 0 Å².